The summed E-state index contributed by atoms with van der Waals surface area (Å²) in [5.41, 5.74) is 3.37. The van der Waals surface area contributed by atoms with Crippen molar-refractivity contribution in [3.05, 3.63) is 83.4 Å². The van der Waals surface area contributed by atoms with E-state index in [4.69, 9.17) is 16.3 Å². The zero-order valence-electron chi connectivity index (χ0n) is 15.8. The lowest BCUT2D eigenvalue weighted by atomic mass is 10.2. The molecule has 29 heavy (non-hydrogen) atoms. The van der Waals surface area contributed by atoms with Crippen LogP contribution in [-0.2, 0) is 0 Å². The van der Waals surface area contributed by atoms with Crippen LogP contribution in [0.15, 0.2) is 67.1 Å². The molecule has 0 saturated heterocycles. The molecule has 0 radical (unpaired) electrons. The molecular formula is C21H18ClN5O2. The molecule has 2 aromatic carbocycles. The number of halogens is 1. The maximum atomic E-state index is 12.6. The molecule has 4 rings (SSSR count). The van der Waals surface area contributed by atoms with Crippen LogP contribution in [-0.4, -0.2) is 32.6 Å². The minimum atomic E-state index is -0.339. The third kappa shape index (κ3) is 3.86. The molecule has 0 atom stereocenters. The fourth-order valence-corrected chi connectivity index (χ4v) is 3.13. The van der Waals surface area contributed by atoms with Gasteiger partial charge in [-0.2, -0.15) is 10.2 Å². The van der Waals surface area contributed by atoms with E-state index in [9.17, 15) is 4.79 Å². The number of ether oxygens (including phenoxy) is 1. The molecule has 2 aromatic heterocycles. The number of amides is 1. The molecule has 1 amide bonds. The zero-order valence-corrected chi connectivity index (χ0v) is 16.6. The SMILES string of the molecule is COc1ccc(C)cc1-n1ccc(C(=O)Nc2cnn(-c3ccccc3Cl)c2)n1. The van der Waals surface area contributed by atoms with Crippen molar-refractivity contribution < 1.29 is 9.53 Å². The van der Waals surface area contributed by atoms with E-state index in [1.54, 1.807) is 47.2 Å². The molecule has 7 nitrogen and oxygen atoms in total. The highest BCUT2D eigenvalue weighted by Crippen LogP contribution is 2.24. The van der Waals surface area contributed by atoms with Gasteiger partial charge in [0, 0.05) is 6.20 Å². The van der Waals surface area contributed by atoms with Gasteiger partial charge in [0.25, 0.3) is 5.91 Å². The number of carbonyl (C=O) groups is 1. The van der Waals surface area contributed by atoms with Gasteiger partial charge in [0.1, 0.15) is 11.4 Å². The molecule has 2 heterocycles. The average molecular weight is 408 g/mol. The van der Waals surface area contributed by atoms with Crippen LogP contribution in [0.4, 0.5) is 5.69 Å². The molecule has 0 unspecified atom stereocenters. The summed E-state index contributed by atoms with van der Waals surface area (Å²) in [7, 11) is 1.60. The van der Waals surface area contributed by atoms with Crippen molar-refractivity contribution >= 4 is 23.2 Å². The Labute approximate surface area is 172 Å². The van der Waals surface area contributed by atoms with E-state index < -0.39 is 0 Å². The number of hydrogen-bond acceptors (Lipinski definition) is 4. The minimum Gasteiger partial charge on any atom is -0.494 e. The Kier molecular flexibility index (Phi) is 5.05. The van der Waals surface area contributed by atoms with Crippen LogP contribution in [0.5, 0.6) is 5.75 Å². The molecule has 0 fully saturated rings. The van der Waals surface area contributed by atoms with Gasteiger partial charge in [-0.1, -0.05) is 29.8 Å². The Balaban J connectivity index is 1.54. The number of para-hydroxylation sites is 1. The van der Waals surface area contributed by atoms with Crippen LogP contribution in [0.2, 0.25) is 5.02 Å². The average Bonchev–Trinajstić information content (AvgIpc) is 3.38. The summed E-state index contributed by atoms with van der Waals surface area (Å²) in [5.74, 6) is 0.334. The number of rotatable bonds is 5. The lowest BCUT2D eigenvalue weighted by molar-refractivity contribution is 0.102. The van der Waals surface area contributed by atoms with Gasteiger partial charge in [0.2, 0.25) is 0 Å². The van der Waals surface area contributed by atoms with Crippen molar-refractivity contribution in [2.24, 2.45) is 0 Å². The highest BCUT2D eigenvalue weighted by Gasteiger charge is 2.14. The Morgan fingerprint density at radius 3 is 2.72 bits per heavy atom. The van der Waals surface area contributed by atoms with E-state index >= 15 is 0 Å². The maximum absolute atomic E-state index is 12.6. The van der Waals surface area contributed by atoms with Crippen molar-refractivity contribution in [1.29, 1.82) is 0 Å². The number of benzene rings is 2. The van der Waals surface area contributed by atoms with Crippen LogP contribution in [0, 0.1) is 6.92 Å². The van der Waals surface area contributed by atoms with Gasteiger partial charge in [-0.05, 0) is 42.8 Å². The number of nitrogens with zero attached hydrogens (tertiary/aromatic N) is 4. The fourth-order valence-electron chi connectivity index (χ4n) is 2.91. The molecule has 0 bridgehead atoms. The van der Waals surface area contributed by atoms with Gasteiger partial charge < -0.3 is 10.1 Å². The predicted molar refractivity (Wildman–Crippen MR) is 111 cm³/mol. The Hall–Kier alpha value is -3.58. The standard InChI is InChI=1S/C21H18ClN5O2/c1-14-7-8-20(29-2)19(11-14)26-10-9-17(25-26)21(28)24-15-12-23-27(13-15)18-6-4-3-5-16(18)22/h3-13H,1-2H3,(H,24,28). The van der Waals surface area contributed by atoms with Gasteiger partial charge >= 0.3 is 0 Å². The summed E-state index contributed by atoms with van der Waals surface area (Å²) >= 11 is 6.20. The molecule has 146 valence electrons. The third-order valence-electron chi connectivity index (χ3n) is 4.34. The molecular weight excluding hydrogens is 390 g/mol. The molecule has 0 saturated carbocycles. The maximum Gasteiger partial charge on any atom is 0.276 e. The first-order valence-corrected chi connectivity index (χ1v) is 9.24. The van der Waals surface area contributed by atoms with Crippen molar-refractivity contribution in [1.82, 2.24) is 19.6 Å². The first-order valence-electron chi connectivity index (χ1n) is 8.87. The van der Waals surface area contributed by atoms with E-state index in [1.807, 2.05) is 43.3 Å². The van der Waals surface area contributed by atoms with Gasteiger partial charge in [-0.15, -0.1) is 0 Å². The number of nitrogens with one attached hydrogen (secondary N) is 1. The number of carbonyl (C=O) groups excluding carboxylic acids is 1. The summed E-state index contributed by atoms with van der Waals surface area (Å²) in [5, 5.41) is 12.0. The number of hydrogen-bond donors (Lipinski definition) is 1. The number of anilines is 1. The van der Waals surface area contributed by atoms with Crippen LogP contribution in [0.3, 0.4) is 0 Å². The summed E-state index contributed by atoms with van der Waals surface area (Å²) in [6.45, 7) is 1.98. The quantitative estimate of drug-likeness (QED) is 0.535. The van der Waals surface area contributed by atoms with Crippen LogP contribution in [0.1, 0.15) is 16.1 Å². The van der Waals surface area contributed by atoms with E-state index in [0.717, 1.165) is 16.9 Å². The van der Waals surface area contributed by atoms with Gasteiger partial charge in [0.15, 0.2) is 5.69 Å². The van der Waals surface area contributed by atoms with Gasteiger partial charge in [-0.3, -0.25) is 4.79 Å². The minimum absolute atomic E-state index is 0.277. The number of aromatic nitrogens is 4. The summed E-state index contributed by atoms with van der Waals surface area (Å²) in [6.07, 6.45) is 4.97. The van der Waals surface area contributed by atoms with Crippen molar-refractivity contribution in [3.8, 4) is 17.1 Å². The largest absolute Gasteiger partial charge is 0.494 e. The second-order valence-electron chi connectivity index (χ2n) is 6.40. The Bertz CT molecular complexity index is 1180. The van der Waals surface area contributed by atoms with Crippen LogP contribution in [0.25, 0.3) is 11.4 Å². The second kappa shape index (κ2) is 7.81. The Morgan fingerprint density at radius 1 is 1.10 bits per heavy atom. The van der Waals surface area contributed by atoms with Gasteiger partial charge in [0.05, 0.1) is 35.9 Å². The highest BCUT2D eigenvalue weighted by molar-refractivity contribution is 6.32. The number of methoxy groups -OCH3 is 1. The van der Waals surface area contributed by atoms with Crippen LogP contribution < -0.4 is 10.1 Å². The van der Waals surface area contributed by atoms with Crippen LogP contribution >= 0.6 is 11.6 Å². The van der Waals surface area contributed by atoms with E-state index in [-0.39, 0.29) is 11.6 Å². The normalized spacial score (nSPS) is 10.7. The zero-order chi connectivity index (χ0) is 20.4. The molecule has 0 spiro atoms. The fraction of sp³-hybridized carbons (Fsp3) is 0.0952. The monoisotopic (exact) mass is 407 g/mol. The molecule has 0 aliphatic heterocycles. The lowest BCUT2D eigenvalue weighted by Gasteiger charge is -2.09. The summed E-state index contributed by atoms with van der Waals surface area (Å²) < 4.78 is 8.62. The predicted octanol–water partition coefficient (Wildman–Crippen LogP) is 4.28. The topological polar surface area (TPSA) is 74.0 Å². The van der Waals surface area contributed by atoms with E-state index in [0.29, 0.717) is 16.5 Å². The molecule has 8 heteroatoms. The molecule has 0 aliphatic rings. The smallest absolute Gasteiger partial charge is 0.276 e. The Morgan fingerprint density at radius 2 is 1.93 bits per heavy atom. The highest BCUT2D eigenvalue weighted by atomic mass is 35.5. The van der Waals surface area contributed by atoms with E-state index in [1.165, 1.54) is 0 Å². The second-order valence-corrected chi connectivity index (χ2v) is 6.81. The third-order valence-corrected chi connectivity index (χ3v) is 4.66. The first kappa shape index (κ1) is 18.8. The first-order chi connectivity index (χ1) is 14.0. The summed E-state index contributed by atoms with van der Waals surface area (Å²) in [6, 6.07) is 14.8. The number of aryl methyl sites for hydroxylation is 1. The molecule has 1 N–H and O–H groups in total. The van der Waals surface area contributed by atoms with Crippen molar-refractivity contribution in [2.75, 3.05) is 12.4 Å². The lowest BCUT2D eigenvalue weighted by Crippen LogP contribution is -2.13. The van der Waals surface area contributed by atoms with E-state index in [2.05, 4.69) is 15.5 Å². The van der Waals surface area contributed by atoms with Crippen molar-refractivity contribution in [3.63, 3.8) is 0 Å². The van der Waals surface area contributed by atoms with Crippen molar-refractivity contribution in [2.45, 2.75) is 6.92 Å². The van der Waals surface area contributed by atoms with Gasteiger partial charge in [-0.25, -0.2) is 9.36 Å². The molecule has 4 aromatic rings. The summed E-state index contributed by atoms with van der Waals surface area (Å²) in [4.78, 5) is 12.6. The molecule has 0 aliphatic carbocycles.